The molecule has 0 spiro atoms. The monoisotopic (exact) mass is 244 g/mol. The predicted octanol–water partition coefficient (Wildman–Crippen LogP) is 1.19. The minimum Gasteiger partial charge on any atom is -0.385 e. The lowest BCUT2D eigenvalue weighted by molar-refractivity contribution is 0.178. The first-order valence-electron chi connectivity index (χ1n) is 5.47. The van der Waals surface area contributed by atoms with E-state index in [9.17, 15) is 4.79 Å². The van der Waals surface area contributed by atoms with Crippen LogP contribution in [-0.4, -0.2) is 43.3 Å². The van der Waals surface area contributed by atoms with Gasteiger partial charge in [-0.1, -0.05) is 11.3 Å². The van der Waals surface area contributed by atoms with Crippen LogP contribution in [0.25, 0.3) is 0 Å². The number of rotatable bonds is 7. The van der Waals surface area contributed by atoms with E-state index in [4.69, 9.17) is 4.74 Å². The van der Waals surface area contributed by atoms with E-state index in [-0.39, 0.29) is 4.87 Å². The Balaban J connectivity index is 2.31. The van der Waals surface area contributed by atoms with Gasteiger partial charge in [-0.15, -0.1) is 0 Å². The highest BCUT2D eigenvalue weighted by Gasteiger charge is 2.04. The molecule has 0 atom stereocenters. The number of ether oxygens (including phenoxy) is 1. The van der Waals surface area contributed by atoms with E-state index in [0.29, 0.717) is 0 Å². The maximum Gasteiger partial charge on any atom is 0.307 e. The van der Waals surface area contributed by atoms with Gasteiger partial charge in [0.1, 0.15) is 0 Å². The van der Waals surface area contributed by atoms with Crippen molar-refractivity contribution >= 4 is 11.3 Å². The Morgan fingerprint density at radius 3 is 2.81 bits per heavy atom. The second-order valence-corrected chi connectivity index (χ2v) is 4.76. The normalized spacial score (nSPS) is 11.2. The fourth-order valence-corrected chi connectivity index (χ4v) is 2.30. The minimum absolute atomic E-state index is 0.141. The van der Waals surface area contributed by atoms with Gasteiger partial charge in [0.15, 0.2) is 0 Å². The number of thiazole rings is 1. The van der Waals surface area contributed by atoms with E-state index in [1.54, 1.807) is 7.11 Å². The number of aromatic nitrogens is 1. The van der Waals surface area contributed by atoms with Crippen molar-refractivity contribution in [1.82, 2.24) is 9.47 Å². The lowest BCUT2D eigenvalue weighted by atomic mass is 10.4. The van der Waals surface area contributed by atoms with Crippen molar-refractivity contribution in [2.24, 2.45) is 0 Å². The highest BCUT2D eigenvalue weighted by molar-refractivity contribution is 7.07. The van der Waals surface area contributed by atoms with Gasteiger partial charge >= 0.3 is 4.87 Å². The molecule has 1 heterocycles. The van der Waals surface area contributed by atoms with E-state index in [0.717, 1.165) is 38.4 Å². The lowest BCUT2D eigenvalue weighted by Crippen LogP contribution is -2.28. The number of hydrogen-bond acceptors (Lipinski definition) is 4. The zero-order valence-corrected chi connectivity index (χ0v) is 11.0. The first kappa shape index (κ1) is 13.4. The fraction of sp³-hybridized carbons (Fsp3) is 0.727. The lowest BCUT2D eigenvalue weighted by Gasteiger charge is -2.16. The smallest absolute Gasteiger partial charge is 0.307 e. The molecule has 0 radical (unpaired) electrons. The number of likely N-dealkylation sites (N-methyl/N-ethyl adjacent to an activating group) is 1. The van der Waals surface area contributed by atoms with E-state index >= 15 is 0 Å². The van der Waals surface area contributed by atoms with Gasteiger partial charge in [-0.3, -0.25) is 4.79 Å². The zero-order chi connectivity index (χ0) is 12.0. The zero-order valence-electron chi connectivity index (χ0n) is 10.2. The molecule has 0 saturated heterocycles. The summed E-state index contributed by atoms with van der Waals surface area (Å²) in [4.78, 5) is 13.8. The van der Waals surface area contributed by atoms with Crippen molar-refractivity contribution in [3.8, 4) is 0 Å². The van der Waals surface area contributed by atoms with Crippen LogP contribution in [0.3, 0.4) is 0 Å². The number of aryl methyl sites for hydroxylation is 1. The summed E-state index contributed by atoms with van der Waals surface area (Å²) in [5.41, 5.74) is 1.06. The van der Waals surface area contributed by atoms with Crippen molar-refractivity contribution < 1.29 is 4.74 Å². The molecule has 5 heteroatoms. The minimum atomic E-state index is 0.141. The van der Waals surface area contributed by atoms with Crippen LogP contribution < -0.4 is 4.87 Å². The van der Waals surface area contributed by atoms with Crippen LogP contribution in [0.1, 0.15) is 12.1 Å². The number of hydrogen-bond donors (Lipinski definition) is 0. The molecule has 4 nitrogen and oxygen atoms in total. The van der Waals surface area contributed by atoms with Gasteiger partial charge in [0.05, 0.1) is 0 Å². The fourth-order valence-electron chi connectivity index (χ4n) is 1.54. The molecule has 0 amide bonds. The van der Waals surface area contributed by atoms with Gasteiger partial charge in [-0.2, -0.15) is 0 Å². The summed E-state index contributed by atoms with van der Waals surface area (Å²) in [7, 11) is 3.79. The summed E-state index contributed by atoms with van der Waals surface area (Å²) in [5, 5.41) is 1.91. The molecule has 1 aromatic rings. The molecular weight excluding hydrogens is 224 g/mol. The van der Waals surface area contributed by atoms with E-state index in [2.05, 4.69) is 11.9 Å². The summed E-state index contributed by atoms with van der Waals surface area (Å²) >= 11 is 1.27. The van der Waals surface area contributed by atoms with Crippen LogP contribution in [0, 0.1) is 6.92 Å². The van der Waals surface area contributed by atoms with Crippen LogP contribution in [0.15, 0.2) is 10.2 Å². The van der Waals surface area contributed by atoms with Crippen molar-refractivity contribution in [2.75, 3.05) is 33.9 Å². The quantitative estimate of drug-likeness (QED) is 0.676. The number of nitrogens with zero attached hydrogens (tertiary/aromatic N) is 2. The Hall–Kier alpha value is -0.650. The maximum atomic E-state index is 11.5. The Morgan fingerprint density at radius 1 is 1.50 bits per heavy atom. The third-order valence-corrected chi connectivity index (χ3v) is 3.45. The van der Waals surface area contributed by atoms with Crippen LogP contribution in [0.2, 0.25) is 0 Å². The molecule has 0 aliphatic carbocycles. The molecule has 16 heavy (non-hydrogen) atoms. The third-order valence-electron chi connectivity index (χ3n) is 2.57. The Morgan fingerprint density at radius 2 is 2.25 bits per heavy atom. The first-order valence-corrected chi connectivity index (χ1v) is 6.35. The molecular formula is C11H20N2O2S. The van der Waals surface area contributed by atoms with Crippen LogP contribution in [-0.2, 0) is 11.3 Å². The molecule has 92 valence electrons. The molecule has 1 aromatic heterocycles. The van der Waals surface area contributed by atoms with Gasteiger partial charge in [-0.05, 0) is 20.4 Å². The van der Waals surface area contributed by atoms with Gasteiger partial charge in [0.25, 0.3) is 0 Å². The average Bonchev–Trinajstić information content (AvgIpc) is 2.57. The summed E-state index contributed by atoms with van der Waals surface area (Å²) in [5.74, 6) is 0. The SMILES string of the molecule is COCCCN(C)CCn1c(C)csc1=O. The Kier molecular flexibility index (Phi) is 5.73. The van der Waals surface area contributed by atoms with E-state index in [1.165, 1.54) is 11.3 Å². The first-order chi connectivity index (χ1) is 7.65. The van der Waals surface area contributed by atoms with Crippen molar-refractivity contribution in [3.63, 3.8) is 0 Å². The molecule has 0 aliphatic rings. The highest BCUT2D eigenvalue weighted by Crippen LogP contribution is 1.99. The maximum absolute atomic E-state index is 11.5. The van der Waals surface area contributed by atoms with Crippen LogP contribution in [0.4, 0.5) is 0 Å². The van der Waals surface area contributed by atoms with Gasteiger partial charge in [0, 0.05) is 44.4 Å². The number of methoxy groups -OCH3 is 1. The summed E-state index contributed by atoms with van der Waals surface area (Å²) in [6.45, 7) is 5.45. The van der Waals surface area contributed by atoms with Crippen molar-refractivity contribution in [3.05, 3.63) is 20.7 Å². The van der Waals surface area contributed by atoms with Gasteiger partial charge in [-0.25, -0.2) is 0 Å². The molecule has 0 N–H and O–H groups in total. The molecule has 0 unspecified atom stereocenters. The summed E-state index contributed by atoms with van der Waals surface area (Å²) < 4.78 is 6.83. The van der Waals surface area contributed by atoms with Crippen LogP contribution >= 0.6 is 11.3 Å². The van der Waals surface area contributed by atoms with Gasteiger partial charge in [0.2, 0.25) is 0 Å². The largest absolute Gasteiger partial charge is 0.385 e. The second-order valence-electron chi connectivity index (χ2n) is 3.94. The van der Waals surface area contributed by atoms with Crippen LogP contribution in [0.5, 0.6) is 0 Å². The molecule has 0 bridgehead atoms. The van der Waals surface area contributed by atoms with Crippen molar-refractivity contribution in [2.45, 2.75) is 19.9 Å². The average molecular weight is 244 g/mol. The standard InChI is InChI=1S/C11H20N2O2S/c1-10-9-16-11(14)13(10)7-6-12(2)5-4-8-15-3/h9H,4-8H2,1-3H3. The Labute approximate surface area is 100 Å². The third kappa shape index (κ3) is 4.08. The summed E-state index contributed by atoms with van der Waals surface area (Å²) in [6, 6.07) is 0. The molecule has 0 fully saturated rings. The molecule has 0 aliphatic heterocycles. The Bertz CT molecular complexity index is 359. The van der Waals surface area contributed by atoms with Gasteiger partial charge < -0.3 is 14.2 Å². The molecule has 0 aromatic carbocycles. The van der Waals surface area contributed by atoms with E-state index < -0.39 is 0 Å². The topological polar surface area (TPSA) is 34.5 Å². The summed E-state index contributed by atoms with van der Waals surface area (Å²) in [6.07, 6.45) is 1.03. The second kappa shape index (κ2) is 6.83. The highest BCUT2D eigenvalue weighted by atomic mass is 32.1. The molecule has 1 rings (SSSR count). The van der Waals surface area contributed by atoms with Crippen molar-refractivity contribution in [1.29, 1.82) is 0 Å². The van der Waals surface area contributed by atoms with E-state index in [1.807, 2.05) is 16.9 Å². The molecule has 0 saturated carbocycles. The predicted molar refractivity (Wildman–Crippen MR) is 67.3 cm³/mol.